The van der Waals surface area contributed by atoms with Gasteiger partial charge in [0.25, 0.3) is 0 Å². The summed E-state index contributed by atoms with van der Waals surface area (Å²) < 4.78 is 14.1. The largest absolute Gasteiger partial charge is 0.354 e. The Balaban J connectivity index is 2.49. The molecule has 0 radical (unpaired) electrons. The lowest BCUT2D eigenvalue weighted by Gasteiger charge is -2.08. The Morgan fingerprint density at radius 2 is 2.31 bits per heavy atom. The number of nitrogens with one attached hydrogen (secondary N) is 1. The summed E-state index contributed by atoms with van der Waals surface area (Å²) in [6.07, 6.45) is 0.448. The summed E-state index contributed by atoms with van der Waals surface area (Å²) in [4.78, 5) is 11.1. The monoisotopic (exact) mass is 288 g/mol. The van der Waals surface area contributed by atoms with Crippen LogP contribution in [0, 0.1) is 5.82 Å². The van der Waals surface area contributed by atoms with Crippen LogP contribution in [0.15, 0.2) is 22.7 Å². The third kappa shape index (κ3) is 3.90. The second-order valence-corrected chi connectivity index (χ2v) is 4.48. The van der Waals surface area contributed by atoms with E-state index in [0.29, 0.717) is 18.5 Å². The van der Waals surface area contributed by atoms with Gasteiger partial charge in [-0.1, -0.05) is 15.9 Å². The maximum Gasteiger partial charge on any atom is 0.236 e. The minimum absolute atomic E-state index is 0.226. The van der Waals surface area contributed by atoms with Crippen molar-refractivity contribution in [3.05, 3.63) is 34.1 Å². The molecule has 0 saturated heterocycles. The maximum absolute atomic E-state index is 13.3. The van der Waals surface area contributed by atoms with Crippen molar-refractivity contribution in [3.8, 4) is 0 Å². The van der Waals surface area contributed by atoms with Gasteiger partial charge < -0.3 is 11.1 Å². The summed E-state index contributed by atoms with van der Waals surface area (Å²) in [5.74, 6) is -0.492. The van der Waals surface area contributed by atoms with E-state index in [0.717, 1.165) is 4.47 Å². The lowest BCUT2D eigenvalue weighted by atomic mass is 10.1. The number of rotatable bonds is 4. The van der Waals surface area contributed by atoms with E-state index in [9.17, 15) is 9.18 Å². The zero-order chi connectivity index (χ0) is 12.1. The highest BCUT2D eigenvalue weighted by Gasteiger charge is 2.07. The molecular formula is C11H14BrFN2O. The lowest BCUT2D eigenvalue weighted by molar-refractivity contribution is -0.121. The quantitative estimate of drug-likeness (QED) is 0.884. The molecule has 1 amide bonds. The van der Waals surface area contributed by atoms with E-state index in [2.05, 4.69) is 21.2 Å². The number of hydrogen-bond acceptors (Lipinski definition) is 2. The van der Waals surface area contributed by atoms with Crippen LogP contribution in [0.3, 0.4) is 0 Å². The van der Waals surface area contributed by atoms with Crippen molar-refractivity contribution in [2.75, 3.05) is 6.54 Å². The number of hydrogen-bond donors (Lipinski definition) is 2. The minimum Gasteiger partial charge on any atom is -0.354 e. The van der Waals surface area contributed by atoms with Gasteiger partial charge in [-0.05, 0) is 37.1 Å². The number of nitrogens with two attached hydrogens (primary N) is 1. The van der Waals surface area contributed by atoms with Crippen LogP contribution in [0.25, 0.3) is 0 Å². The summed E-state index contributed by atoms with van der Waals surface area (Å²) in [7, 11) is 0. The Bertz CT molecular complexity index is 382. The molecule has 0 aliphatic rings. The maximum atomic E-state index is 13.3. The molecule has 1 rings (SSSR count). The average molecular weight is 289 g/mol. The highest BCUT2D eigenvalue weighted by Crippen LogP contribution is 2.15. The molecular weight excluding hydrogens is 275 g/mol. The van der Waals surface area contributed by atoms with Gasteiger partial charge in [-0.15, -0.1) is 0 Å². The summed E-state index contributed by atoms with van der Waals surface area (Å²) >= 11 is 3.27. The molecule has 88 valence electrons. The van der Waals surface area contributed by atoms with Crippen molar-refractivity contribution in [2.45, 2.75) is 19.4 Å². The highest BCUT2D eigenvalue weighted by atomic mass is 79.9. The van der Waals surface area contributed by atoms with Gasteiger partial charge in [-0.3, -0.25) is 4.79 Å². The van der Waals surface area contributed by atoms with E-state index >= 15 is 0 Å². The predicted molar refractivity (Wildman–Crippen MR) is 64.5 cm³/mol. The first-order valence-corrected chi connectivity index (χ1v) is 5.77. The predicted octanol–water partition coefficient (Wildman–Crippen LogP) is 1.59. The van der Waals surface area contributed by atoms with Gasteiger partial charge in [0.2, 0.25) is 5.91 Å². The smallest absolute Gasteiger partial charge is 0.236 e. The zero-order valence-corrected chi connectivity index (χ0v) is 10.6. The first kappa shape index (κ1) is 13.1. The molecule has 0 fully saturated rings. The summed E-state index contributed by atoms with van der Waals surface area (Å²) in [6.45, 7) is 1.99. The molecule has 3 nitrogen and oxygen atoms in total. The third-order valence-electron chi connectivity index (χ3n) is 2.11. The Hall–Kier alpha value is -0.940. The van der Waals surface area contributed by atoms with Crippen LogP contribution < -0.4 is 11.1 Å². The third-order valence-corrected chi connectivity index (χ3v) is 2.61. The average Bonchev–Trinajstić information content (AvgIpc) is 2.22. The van der Waals surface area contributed by atoms with Gasteiger partial charge in [0.05, 0.1) is 6.04 Å². The summed E-state index contributed by atoms with van der Waals surface area (Å²) in [5.41, 5.74) is 5.94. The fourth-order valence-corrected chi connectivity index (χ4v) is 1.62. The molecule has 0 spiro atoms. The SMILES string of the molecule is C[C@@H](N)C(=O)NCCc1cc(Br)ccc1F. The van der Waals surface area contributed by atoms with Crippen LogP contribution >= 0.6 is 15.9 Å². The molecule has 1 aromatic rings. The van der Waals surface area contributed by atoms with Gasteiger partial charge in [-0.2, -0.15) is 0 Å². The van der Waals surface area contributed by atoms with Crippen molar-refractivity contribution in [1.82, 2.24) is 5.32 Å². The van der Waals surface area contributed by atoms with Gasteiger partial charge in [-0.25, -0.2) is 4.39 Å². The topological polar surface area (TPSA) is 55.1 Å². The van der Waals surface area contributed by atoms with E-state index in [1.165, 1.54) is 6.07 Å². The van der Waals surface area contributed by atoms with E-state index in [1.807, 2.05) is 0 Å². The first-order valence-electron chi connectivity index (χ1n) is 4.98. The van der Waals surface area contributed by atoms with Crippen LogP contribution in [0.1, 0.15) is 12.5 Å². The van der Waals surface area contributed by atoms with Gasteiger partial charge in [0.1, 0.15) is 5.82 Å². The van der Waals surface area contributed by atoms with Crippen LogP contribution in [0.4, 0.5) is 4.39 Å². The molecule has 0 aliphatic carbocycles. The fraction of sp³-hybridized carbons (Fsp3) is 0.364. The Labute approximate surface area is 102 Å². The Kier molecular flexibility index (Phi) is 4.89. The number of benzene rings is 1. The molecule has 3 N–H and O–H groups in total. The number of carbonyl (C=O) groups excluding carboxylic acids is 1. The van der Waals surface area contributed by atoms with Gasteiger partial charge in [0.15, 0.2) is 0 Å². The van der Waals surface area contributed by atoms with E-state index in [1.54, 1.807) is 19.1 Å². The van der Waals surface area contributed by atoms with Crippen LogP contribution in [0.2, 0.25) is 0 Å². The van der Waals surface area contributed by atoms with E-state index in [-0.39, 0.29) is 11.7 Å². The normalized spacial score (nSPS) is 12.2. The van der Waals surface area contributed by atoms with Gasteiger partial charge in [0, 0.05) is 11.0 Å². The molecule has 16 heavy (non-hydrogen) atoms. The van der Waals surface area contributed by atoms with Crippen molar-refractivity contribution in [1.29, 1.82) is 0 Å². The van der Waals surface area contributed by atoms with Gasteiger partial charge >= 0.3 is 0 Å². The summed E-state index contributed by atoms with van der Waals surface area (Å²) in [5, 5.41) is 2.63. The molecule has 1 aromatic carbocycles. The molecule has 0 heterocycles. The molecule has 0 aliphatic heterocycles. The van der Waals surface area contributed by atoms with Crippen LogP contribution in [-0.2, 0) is 11.2 Å². The number of halogens is 2. The molecule has 0 bridgehead atoms. The Morgan fingerprint density at radius 1 is 1.62 bits per heavy atom. The Morgan fingerprint density at radius 3 is 2.94 bits per heavy atom. The lowest BCUT2D eigenvalue weighted by Crippen LogP contribution is -2.39. The molecule has 0 saturated carbocycles. The fourth-order valence-electron chi connectivity index (χ4n) is 1.22. The highest BCUT2D eigenvalue weighted by molar-refractivity contribution is 9.10. The second kappa shape index (κ2) is 5.96. The van der Waals surface area contributed by atoms with E-state index in [4.69, 9.17) is 5.73 Å². The molecule has 0 unspecified atom stereocenters. The summed E-state index contributed by atoms with van der Waals surface area (Å²) in [6, 6.07) is 4.20. The standard InChI is InChI=1S/C11H14BrFN2O/c1-7(14)11(16)15-5-4-8-6-9(12)2-3-10(8)13/h2-3,6-7H,4-5,14H2,1H3,(H,15,16)/t7-/m1/s1. The minimum atomic E-state index is -0.535. The second-order valence-electron chi connectivity index (χ2n) is 3.57. The number of carbonyl (C=O) groups is 1. The van der Waals surface area contributed by atoms with Crippen molar-refractivity contribution in [2.24, 2.45) is 5.73 Å². The molecule has 1 atom stereocenters. The van der Waals surface area contributed by atoms with Crippen molar-refractivity contribution in [3.63, 3.8) is 0 Å². The van der Waals surface area contributed by atoms with E-state index < -0.39 is 6.04 Å². The van der Waals surface area contributed by atoms with Crippen molar-refractivity contribution < 1.29 is 9.18 Å². The zero-order valence-electron chi connectivity index (χ0n) is 8.97. The number of amides is 1. The molecule has 0 aromatic heterocycles. The molecule has 5 heteroatoms. The van der Waals surface area contributed by atoms with Crippen LogP contribution in [-0.4, -0.2) is 18.5 Å². The van der Waals surface area contributed by atoms with Crippen LogP contribution in [0.5, 0.6) is 0 Å². The van der Waals surface area contributed by atoms with Crippen molar-refractivity contribution >= 4 is 21.8 Å². The first-order chi connectivity index (χ1) is 7.50.